The quantitative estimate of drug-likeness (QED) is 0.0265. The van der Waals surface area contributed by atoms with Crippen molar-refractivity contribution in [2.75, 3.05) is 96.9 Å². The molecule has 0 spiro atoms. The van der Waals surface area contributed by atoms with Gasteiger partial charge in [0.2, 0.25) is 35.4 Å². The molecule has 3 atom stereocenters. The minimum atomic E-state index is -1.53. The molecule has 17 N–H and O–H groups in total. The van der Waals surface area contributed by atoms with Gasteiger partial charge >= 0.3 is 23.9 Å². The van der Waals surface area contributed by atoms with Gasteiger partial charge in [0.15, 0.2) is 5.11 Å². The zero-order chi connectivity index (χ0) is 52.2. The summed E-state index contributed by atoms with van der Waals surface area (Å²) in [6.45, 7) is 2.82. The number of rotatable bonds is 29. The third-order valence-electron chi connectivity index (χ3n) is 10.7. The summed E-state index contributed by atoms with van der Waals surface area (Å²) in [5.41, 5.74) is 23.9. The molecule has 0 saturated carbocycles. The largest absolute Gasteiger partial charge is 0.481 e. The Morgan fingerprint density at radius 3 is 1.57 bits per heavy atom. The van der Waals surface area contributed by atoms with Crippen LogP contribution in [0.3, 0.4) is 0 Å². The van der Waals surface area contributed by atoms with Crippen LogP contribution in [0.15, 0.2) is 24.3 Å². The van der Waals surface area contributed by atoms with Gasteiger partial charge in [-0.3, -0.25) is 53.2 Å². The lowest BCUT2D eigenvalue weighted by molar-refractivity contribution is -0.141. The maximum atomic E-state index is 12.4. The highest BCUT2D eigenvalue weighted by Gasteiger charge is 2.28. The molecule has 1 fully saturated rings. The zero-order valence-electron chi connectivity index (χ0n) is 39.0. The van der Waals surface area contributed by atoms with Gasteiger partial charge in [0.25, 0.3) is 0 Å². The Labute approximate surface area is 410 Å². The fourth-order valence-corrected chi connectivity index (χ4v) is 7.48. The number of nitrogens with zero attached hydrogens (tertiary/aromatic N) is 4. The lowest BCUT2D eigenvalue weighted by atomic mass is 10.0. The number of anilines is 1. The number of unbranched alkanes of at least 4 members (excludes halogenated alkanes) is 1. The van der Waals surface area contributed by atoms with Gasteiger partial charge in [-0.05, 0) is 62.0 Å². The molecule has 70 heavy (non-hydrogen) atoms. The van der Waals surface area contributed by atoms with E-state index in [9.17, 15) is 58.2 Å². The smallest absolute Gasteiger partial charge is 0.326 e. The fraction of sp³-hybridized carbons (Fsp3) is 0.595. The first-order chi connectivity index (χ1) is 33.1. The number of thiocarbonyl (C=S) groups is 1. The summed E-state index contributed by atoms with van der Waals surface area (Å²) in [6.07, 6.45) is -0.144. The number of primary amides is 4. The number of aliphatic carboxylic acids is 3. The number of carboxylic acid groups (broad SMARTS) is 3. The zero-order valence-corrected chi connectivity index (χ0v) is 39.8. The Hall–Kier alpha value is -6.75. The molecule has 390 valence electrons. The van der Waals surface area contributed by atoms with Crippen molar-refractivity contribution in [3.8, 4) is 0 Å². The van der Waals surface area contributed by atoms with Gasteiger partial charge in [0.05, 0.1) is 26.2 Å². The normalized spacial score (nSPS) is 16.1. The van der Waals surface area contributed by atoms with Gasteiger partial charge in [0, 0.05) is 96.4 Å². The number of carbonyl (C=O) groups excluding carboxylic acids is 7. The number of nitrogens with one attached hydrogen (secondary N) is 6. The average Bonchev–Trinajstić information content (AvgIpc) is 3.26. The van der Waals surface area contributed by atoms with Crippen molar-refractivity contribution in [2.45, 2.75) is 69.5 Å². The number of urea groups is 1. The first-order valence-corrected chi connectivity index (χ1v) is 23.0. The second kappa shape index (κ2) is 32.1. The summed E-state index contributed by atoms with van der Waals surface area (Å²) in [4.78, 5) is 126. The molecule has 0 bridgehead atoms. The molecular weight excluding hydrogens is 941 g/mol. The van der Waals surface area contributed by atoms with Gasteiger partial charge in [-0.2, -0.15) is 0 Å². The lowest BCUT2D eigenvalue weighted by Gasteiger charge is -2.38. The summed E-state index contributed by atoms with van der Waals surface area (Å²) in [5.74, 6) is -7.08. The molecule has 1 heterocycles. The predicted molar refractivity (Wildman–Crippen MR) is 256 cm³/mol. The van der Waals surface area contributed by atoms with Crippen molar-refractivity contribution in [3.63, 3.8) is 0 Å². The summed E-state index contributed by atoms with van der Waals surface area (Å²) in [5, 5.41) is 43.2. The highest BCUT2D eigenvalue weighted by molar-refractivity contribution is 7.80. The molecule has 2 unspecified atom stereocenters. The van der Waals surface area contributed by atoms with Crippen molar-refractivity contribution >= 4 is 82.4 Å². The Morgan fingerprint density at radius 1 is 0.586 bits per heavy atom. The van der Waals surface area contributed by atoms with E-state index in [-0.39, 0.29) is 88.6 Å². The number of hydrogen-bond acceptors (Lipinski definition) is 15. The molecule has 0 radical (unpaired) electrons. The Balaban J connectivity index is 1.84. The molecule has 1 aromatic carbocycles. The number of carbonyl (C=O) groups is 10. The summed E-state index contributed by atoms with van der Waals surface area (Å²) in [6, 6.07) is 3.03. The predicted octanol–water partition coefficient (Wildman–Crippen LogP) is -4.70. The Bertz CT molecular complexity index is 1960. The molecule has 1 aliphatic rings. The maximum Gasteiger partial charge on any atom is 0.326 e. The van der Waals surface area contributed by atoms with Crippen molar-refractivity contribution in [2.24, 2.45) is 22.9 Å². The van der Waals surface area contributed by atoms with Crippen LogP contribution in [0.1, 0.15) is 50.5 Å². The van der Waals surface area contributed by atoms with E-state index in [1.807, 2.05) is 49.2 Å². The van der Waals surface area contributed by atoms with Gasteiger partial charge in [-0.15, -0.1) is 0 Å². The number of benzene rings is 1. The van der Waals surface area contributed by atoms with Crippen molar-refractivity contribution in [3.05, 3.63) is 29.8 Å². The Kier molecular flexibility index (Phi) is 27.3. The van der Waals surface area contributed by atoms with E-state index in [0.29, 0.717) is 64.3 Å². The maximum absolute atomic E-state index is 12.4. The summed E-state index contributed by atoms with van der Waals surface area (Å²) in [7, 11) is 0. The van der Waals surface area contributed by atoms with Crippen LogP contribution in [0.25, 0.3) is 0 Å². The molecule has 0 aliphatic carbocycles. The van der Waals surface area contributed by atoms with Gasteiger partial charge in [0.1, 0.15) is 12.1 Å². The second-order valence-electron chi connectivity index (χ2n) is 16.6. The molecule has 1 aromatic rings. The molecule has 1 saturated heterocycles. The summed E-state index contributed by atoms with van der Waals surface area (Å²) >= 11 is 5.42. The highest BCUT2D eigenvalue weighted by atomic mass is 32.1. The minimum Gasteiger partial charge on any atom is -0.481 e. The highest BCUT2D eigenvalue weighted by Crippen LogP contribution is 2.16. The van der Waals surface area contributed by atoms with Gasteiger partial charge < -0.3 is 70.2 Å². The topological polar surface area (TPSA) is 421 Å². The third-order valence-corrected chi connectivity index (χ3v) is 11.0. The number of nitrogens with two attached hydrogens (primary N) is 4. The SMILES string of the molecule is NC(=O)CN1CCN(CC(N)=O)CCN(CC(N)=O)C(Cc2ccc(NC(=S)NCCNC(=O)CCC(=O)NCCCC[C@H](NC(=O)NC(CCC(=O)O)C(=O)O)C(=O)O)cc2)CN(CC(N)=O)CC1. The van der Waals surface area contributed by atoms with E-state index in [2.05, 4.69) is 26.6 Å². The summed E-state index contributed by atoms with van der Waals surface area (Å²) < 4.78 is 0. The van der Waals surface area contributed by atoms with Crippen LogP contribution >= 0.6 is 12.2 Å². The van der Waals surface area contributed by atoms with E-state index in [0.717, 1.165) is 5.56 Å². The standard InChI is InChI=1S/C42H68N14O13S/c43-32(57)23-53-15-16-54(24-33(44)58)19-20-56(26-35(46)60)29(22-55(18-17-53)25-34(45)59)21-27-4-6-28(7-5-27)50-42(70)49-14-13-48-37(62)10-9-36(61)47-12-2-1-3-30(39(65)66)51-41(69)52-31(40(67)68)8-11-38(63)64/h4-7,29-31H,1-3,8-26H2,(H2,43,57)(H2,44,58)(H2,45,59)(H2,46,60)(H,47,61)(H,48,62)(H,63,64)(H,65,66)(H,67,68)(H2,49,50,70)(H2,51,52,69)/t29?,30-,31?/m0/s1. The van der Waals surface area contributed by atoms with Gasteiger partial charge in [-0.1, -0.05) is 12.1 Å². The molecular formula is C42H68N14O13S. The van der Waals surface area contributed by atoms with Crippen LogP contribution in [-0.2, 0) is 49.6 Å². The van der Waals surface area contributed by atoms with E-state index in [4.69, 9.17) is 40.3 Å². The first-order valence-electron chi connectivity index (χ1n) is 22.6. The van der Waals surface area contributed by atoms with Crippen LogP contribution in [0.4, 0.5) is 10.5 Å². The van der Waals surface area contributed by atoms with Crippen molar-refractivity contribution in [1.29, 1.82) is 0 Å². The second-order valence-corrected chi connectivity index (χ2v) is 17.0. The molecule has 28 heteroatoms. The van der Waals surface area contributed by atoms with Crippen LogP contribution in [0.5, 0.6) is 0 Å². The molecule has 8 amide bonds. The number of amides is 8. The average molecular weight is 1010 g/mol. The van der Waals surface area contributed by atoms with Crippen LogP contribution < -0.4 is 54.8 Å². The van der Waals surface area contributed by atoms with Crippen molar-refractivity contribution < 1.29 is 63.3 Å². The van der Waals surface area contributed by atoms with Crippen LogP contribution in [0.2, 0.25) is 0 Å². The monoisotopic (exact) mass is 1010 g/mol. The fourth-order valence-electron chi connectivity index (χ4n) is 7.26. The van der Waals surface area contributed by atoms with Gasteiger partial charge in [-0.25, -0.2) is 14.4 Å². The Morgan fingerprint density at radius 2 is 1.06 bits per heavy atom. The molecule has 27 nitrogen and oxygen atoms in total. The van der Waals surface area contributed by atoms with E-state index < -0.39 is 78.4 Å². The third kappa shape index (κ3) is 26.7. The van der Waals surface area contributed by atoms with Crippen molar-refractivity contribution in [1.82, 2.24) is 46.2 Å². The minimum absolute atomic E-state index is 0.0325. The van der Waals surface area contributed by atoms with Crippen LogP contribution in [0, 0.1) is 0 Å². The van der Waals surface area contributed by atoms with Crippen LogP contribution in [-0.4, -0.2) is 209 Å². The first kappa shape index (κ1) is 59.4. The molecule has 1 aliphatic heterocycles. The number of carboxylic acids is 3. The van der Waals surface area contributed by atoms with E-state index >= 15 is 0 Å². The lowest BCUT2D eigenvalue weighted by Crippen LogP contribution is -2.54. The molecule has 2 rings (SSSR count). The number of hydrogen-bond donors (Lipinski definition) is 13. The molecule has 0 aromatic heterocycles. The van der Waals surface area contributed by atoms with E-state index in [1.165, 1.54) is 0 Å². The van der Waals surface area contributed by atoms with E-state index in [1.54, 1.807) is 0 Å².